The van der Waals surface area contributed by atoms with Gasteiger partial charge in [-0.05, 0) is 50.3 Å². The number of hydrogen-bond acceptors (Lipinski definition) is 4. The van der Waals surface area contributed by atoms with Crippen molar-refractivity contribution in [3.8, 4) is 0 Å². The number of nitrogens with one attached hydrogen (secondary N) is 1. The van der Waals surface area contributed by atoms with Gasteiger partial charge >= 0.3 is 0 Å². The van der Waals surface area contributed by atoms with Crippen LogP contribution in [0.1, 0.15) is 44.7 Å². The molecule has 0 aliphatic rings. The maximum Gasteiger partial charge on any atom is 0.242 e. The van der Waals surface area contributed by atoms with Crippen molar-refractivity contribution < 1.29 is 18.0 Å². The molecule has 0 saturated carbocycles. The number of aryl methyl sites for hydroxylation is 1. The van der Waals surface area contributed by atoms with Gasteiger partial charge in [-0.2, -0.15) is 0 Å². The number of nitrogens with zero attached hydrogens (tertiary/aromatic N) is 2. The monoisotopic (exact) mass is 501 g/mol. The summed E-state index contributed by atoms with van der Waals surface area (Å²) < 4.78 is 26.1. The maximum atomic E-state index is 13.2. The molecule has 0 spiro atoms. The molecule has 0 saturated heterocycles. The Kier molecular flexibility index (Phi) is 10.8. The van der Waals surface area contributed by atoms with E-state index in [1.807, 2.05) is 63.2 Å². The number of hydrogen-bond donors (Lipinski definition) is 1. The molecule has 2 rings (SSSR count). The molecule has 1 unspecified atom stereocenters. The van der Waals surface area contributed by atoms with Crippen LogP contribution in [-0.2, 0) is 26.0 Å². The standard InChI is InChI=1S/C27H39N3O4S/c1-21(2)20-28-27(32)23(4)29(19-17-24-10-7-6-8-11-24)26(31)12-9-18-30(35(5,33)34)25-15-13-22(3)14-16-25/h6-8,10-11,13-16,21,23H,9,12,17-20H2,1-5H3,(H,28,32). The Morgan fingerprint density at radius 2 is 1.57 bits per heavy atom. The number of carbonyl (C=O) groups excluding carboxylic acids is 2. The highest BCUT2D eigenvalue weighted by Crippen LogP contribution is 2.19. The molecule has 0 bridgehead atoms. The van der Waals surface area contributed by atoms with E-state index in [-0.39, 0.29) is 24.8 Å². The quantitative estimate of drug-likeness (QED) is 0.453. The molecule has 0 aromatic heterocycles. The van der Waals surface area contributed by atoms with Gasteiger partial charge < -0.3 is 10.2 Å². The summed E-state index contributed by atoms with van der Waals surface area (Å²) in [5.74, 6) is -0.0358. The zero-order valence-corrected chi connectivity index (χ0v) is 22.3. The first kappa shape index (κ1) is 28.4. The summed E-state index contributed by atoms with van der Waals surface area (Å²) in [4.78, 5) is 27.6. The first-order valence-corrected chi connectivity index (χ1v) is 14.0. The molecule has 0 heterocycles. The Labute approximate surface area is 210 Å². The van der Waals surface area contributed by atoms with Crippen LogP contribution in [0.5, 0.6) is 0 Å². The van der Waals surface area contributed by atoms with Crippen LogP contribution in [0, 0.1) is 12.8 Å². The molecule has 35 heavy (non-hydrogen) atoms. The van der Waals surface area contributed by atoms with Gasteiger partial charge in [-0.25, -0.2) is 8.42 Å². The van der Waals surface area contributed by atoms with Crippen molar-refractivity contribution in [1.82, 2.24) is 10.2 Å². The molecule has 0 aliphatic carbocycles. The zero-order chi connectivity index (χ0) is 26.0. The molecule has 0 aliphatic heterocycles. The van der Waals surface area contributed by atoms with Crippen molar-refractivity contribution >= 4 is 27.5 Å². The van der Waals surface area contributed by atoms with E-state index in [1.54, 1.807) is 24.0 Å². The topological polar surface area (TPSA) is 86.8 Å². The summed E-state index contributed by atoms with van der Waals surface area (Å²) >= 11 is 0. The van der Waals surface area contributed by atoms with E-state index in [4.69, 9.17) is 0 Å². The molecule has 2 aromatic carbocycles. The zero-order valence-electron chi connectivity index (χ0n) is 21.5. The Bertz CT molecular complexity index is 1050. The number of benzene rings is 2. The van der Waals surface area contributed by atoms with E-state index in [2.05, 4.69) is 5.32 Å². The Balaban J connectivity index is 2.09. The summed E-state index contributed by atoms with van der Waals surface area (Å²) in [7, 11) is -3.50. The number of anilines is 1. The number of amides is 2. The third kappa shape index (κ3) is 9.36. The first-order chi connectivity index (χ1) is 16.5. The molecular weight excluding hydrogens is 462 g/mol. The fourth-order valence-corrected chi connectivity index (χ4v) is 4.70. The van der Waals surface area contributed by atoms with E-state index < -0.39 is 16.1 Å². The minimum absolute atomic E-state index is 0.147. The van der Waals surface area contributed by atoms with Crippen LogP contribution in [0.2, 0.25) is 0 Å². The van der Waals surface area contributed by atoms with Gasteiger partial charge in [0.15, 0.2) is 0 Å². The fraction of sp³-hybridized carbons (Fsp3) is 0.481. The largest absolute Gasteiger partial charge is 0.354 e. The van der Waals surface area contributed by atoms with Crippen LogP contribution in [0.4, 0.5) is 5.69 Å². The molecule has 192 valence electrons. The second kappa shape index (κ2) is 13.3. The van der Waals surface area contributed by atoms with E-state index in [0.717, 1.165) is 11.1 Å². The Morgan fingerprint density at radius 1 is 0.943 bits per heavy atom. The second-order valence-corrected chi connectivity index (χ2v) is 11.3. The molecular formula is C27H39N3O4S. The normalized spacial score (nSPS) is 12.3. The van der Waals surface area contributed by atoms with Gasteiger partial charge in [0, 0.05) is 26.1 Å². The molecule has 2 amide bonds. The van der Waals surface area contributed by atoms with Gasteiger partial charge in [-0.3, -0.25) is 13.9 Å². The summed E-state index contributed by atoms with van der Waals surface area (Å²) in [5.41, 5.74) is 2.70. The average Bonchev–Trinajstić information content (AvgIpc) is 2.81. The predicted molar refractivity (Wildman–Crippen MR) is 142 cm³/mol. The van der Waals surface area contributed by atoms with Crippen molar-refractivity contribution in [2.75, 3.05) is 30.2 Å². The van der Waals surface area contributed by atoms with Crippen LogP contribution in [0.25, 0.3) is 0 Å². The van der Waals surface area contributed by atoms with Gasteiger partial charge in [0.25, 0.3) is 0 Å². The maximum absolute atomic E-state index is 13.2. The Hall–Kier alpha value is -2.87. The van der Waals surface area contributed by atoms with Crippen LogP contribution in [-0.4, -0.2) is 57.1 Å². The van der Waals surface area contributed by atoms with Gasteiger partial charge in [0.1, 0.15) is 6.04 Å². The number of sulfonamides is 1. The minimum Gasteiger partial charge on any atom is -0.354 e. The minimum atomic E-state index is -3.50. The van der Waals surface area contributed by atoms with E-state index in [1.165, 1.54) is 10.6 Å². The third-order valence-corrected chi connectivity index (χ3v) is 7.00. The molecule has 0 radical (unpaired) electrons. The number of rotatable bonds is 13. The van der Waals surface area contributed by atoms with Crippen LogP contribution in [0.15, 0.2) is 54.6 Å². The van der Waals surface area contributed by atoms with Crippen molar-refractivity contribution in [2.24, 2.45) is 5.92 Å². The van der Waals surface area contributed by atoms with Gasteiger partial charge in [0.05, 0.1) is 11.9 Å². The second-order valence-electron chi connectivity index (χ2n) is 9.41. The fourth-order valence-electron chi connectivity index (χ4n) is 3.74. The smallest absolute Gasteiger partial charge is 0.242 e. The van der Waals surface area contributed by atoms with E-state index in [0.29, 0.717) is 37.5 Å². The molecule has 1 atom stereocenters. The highest BCUT2D eigenvalue weighted by atomic mass is 32.2. The van der Waals surface area contributed by atoms with Crippen molar-refractivity contribution in [3.63, 3.8) is 0 Å². The van der Waals surface area contributed by atoms with Crippen LogP contribution >= 0.6 is 0 Å². The van der Waals surface area contributed by atoms with Crippen LogP contribution in [0.3, 0.4) is 0 Å². The van der Waals surface area contributed by atoms with E-state index in [9.17, 15) is 18.0 Å². The molecule has 7 nitrogen and oxygen atoms in total. The predicted octanol–water partition coefficient (Wildman–Crippen LogP) is 3.77. The summed E-state index contributed by atoms with van der Waals surface area (Å²) in [5, 5.41) is 2.92. The van der Waals surface area contributed by atoms with Crippen LogP contribution < -0.4 is 9.62 Å². The van der Waals surface area contributed by atoms with Gasteiger partial charge in [0.2, 0.25) is 21.8 Å². The Morgan fingerprint density at radius 3 is 2.14 bits per heavy atom. The van der Waals surface area contributed by atoms with E-state index >= 15 is 0 Å². The summed E-state index contributed by atoms with van der Waals surface area (Å²) in [6, 6.07) is 16.5. The lowest BCUT2D eigenvalue weighted by atomic mass is 10.1. The first-order valence-electron chi connectivity index (χ1n) is 12.1. The van der Waals surface area contributed by atoms with Gasteiger partial charge in [-0.15, -0.1) is 0 Å². The molecule has 0 fully saturated rings. The summed E-state index contributed by atoms with van der Waals surface area (Å²) in [6.07, 6.45) is 2.30. The highest BCUT2D eigenvalue weighted by Gasteiger charge is 2.26. The molecule has 2 aromatic rings. The molecule has 1 N–H and O–H groups in total. The summed E-state index contributed by atoms with van der Waals surface area (Å²) in [6.45, 7) is 8.86. The SMILES string of the molecule is Cc1ccc(N(CCCC(=O)N(CCc2ccccc2)C(C)C(=O)NCC(C)C)S(C)(=O)=O)cc1. The van der Waals surface area contributed by atoms with Gasteiger partial charge in [-0.1, -0.05) is 61.9 Å². The van der Waals surface area contributed by atoms with Crippen molar-refractivity contribution in [1.29, 1.82) is 0 Å². The lowest BCUT2D eigenvalue weighted by molar-refractivity contribution is -0.140. The average molecular weight is 502 g/mol. The van der Waals surface area contributed by atoms with Crippen molar-refractivity contribution in [2.45, 2.75) is 53.0 Å². The molecule has 8 heteroatoms. The lowest BCUT2D eigenvalue weighted by Gasteiger charge is -2.29. The van der Waals surface area contributed by atoms with Crippen molar-refractivity contribution in [3.05, 3.63) is 65.7 Å². The lowest BCUT2D eigenvalue weighted by Crippen LogP contribution is -2.49. The number of carbonyl (C=O) groups is 2. The highest BCUT2D eigenvalue weighted by molar-refractivity contribution is 7.92. The third-order valence-electron chi connectivity index (χ3n) is 5.81.